The summed E-state index contributed by atoms with van der Waals surface area (Å²) in [6.07, 6.45) is 1.32. The van der Waals surface area contributed by atoms with Gasteiger partial charge in [0.15, 0.2) is 0 Å². The fourth-order valence-corrected chi connectivity index (χ4v) is 5.36. The van der Waals surface area contributed by atoms with Crippen molar-refractivity contribution < 1.29 is 18.0 Å². The normalized spacial score (nSPS) is 12.2. The second-order valence-electron chi connectivity index (χ2n) is 10.0. The molecular formula is C30H36ClN3O4S. The van der Waals surface area contributed by atoms with Gasteiger partial charge in [0, 0.05) is 24.0 Å². The molecule has 3 rings (SSSR count). The van der Waals surface area contributed by atoms with Crippen molar-refractivity contribution in [2.75, 3.05) is 17.1 Å². The molecule has 0 aliphatic rings. The first-order valence-corrected chi connectivity index (χ1v) is 15.0. The maximum Gasteiger partial charge on any atom is 0.244 e. The third-order valence-electron chi connectivity index (χ3n) is 6.36. The van der Waals surface area contributed by atoms with Crippen LogP contribution in [0.25, 0.3) is 0 Å². The molecule has 0 heterocycles. The van der Waals surface area contributed by atoms with E-state index in [1.165, 1.54) is 4.90 Å². The van der Waals surface area contributed by atoms with Crippen LogP contribution in [0.3, 0.4) is 0 Å². The molecule has 3 aromatic rings. The summed E-state index contributed by atoms with van der Waals surface area (Å²) < 4.78 is 26.9. The molecule has 208 valence electrons. The summed E-state index contributed by atoms with van der Waals surface area (Å²) in [5.74, 6) is -0.806. The molecule has 0 aromatic heterocycles. The molecule has 7 nitrogen and oxygen atoms in total. The lowest BCUT2D eigenvalue weighted by Gasteiger charge is -2.34. The zero-order chi connectivity index (χ0) is 28.7. The summed E-state index contributed by atoms with van der Waals surface area (Å²) in [5.41, 5.74) is 3.64. The third-order valence-corrected chi connectivity index (χ3v) is 7.90. The Hall–Kier alpha value is -3.36. The van der Waals surface area contributed by atoms with Gasteiger partial charge in [0.05, 0.1) is 11.9 Å². The average Bonchev–Trinajstić information content (AvgIpc) is 2.87. The zero-order valence-electron chi connectivity index (χ0n) is 23.0. The molecule has 1 N–H and O–H groups in total. The minimum atomic E-state index is -3.86. The number of halogens is 1. The van der Waals surface area contributed by atoms with Crippen LogP contribution in [-0.2, 0) is 32.6 Å². The van der Waals surface area contributed by atoms with E-state index in [1.54, 1.807) is 25.1 Å². The molecule has 0 saturated heterocycles. The van der Waals surface area contributed by atoms with Crippen molar-refractivity contribution in [2.45, 2.75) is 52.7 Å². The van der Waals surface area contributed by atoms with Gasteiger partial charge in [0.2, 0.25) is 21.8 Å². The van der Waals surface area contributed by atoms with E-state index >= 15 is 0 Å². The quantitative estimate of drug-likeness (QED) is 0.356. The first-order chi connectivity index (χ1) is 18.4. The van der Waals surface area contributed by atoms with Gasteiger partial charge in [-0.2, -0.15) is 0 Å². The van der Waals surface area contributed by atoms with Crippen molar-refractivity contribution in [3.8, 4) is 0 Å². The van der Waals surface area contributed by atoms with Crippen LogP contribution < -0.4 is 9.62 Å². The standard InChI is InChI=1S/C30H36ClN3O4S/c1-21(2)32-30(36)28(18-24-10-7-6-8-11-24)33(19-25-16-14-22(3)15-17-25)29(35)20-34(39(5,37)38)27-13-9-12-26(31)23(27)4/h6-17,21,28H,18-20H2,1-5H3,(H,32,36)/t28-/m0/s1. The number of nitrogens with one attached hydrogen (secondary N) is 1. The Morgan fingerprint density at radius 1 is 0.897 bits per heavy atom. The van der Waals surface area contributed by atoms with E-state index in [0.29, 0.717) is 16.3 Å². The highest BCUT2D eigenvalue weighted by Gasteiger charge is 2.33. The highest BCUT2D eigenvalue weighted by molar-refractivity contribution is 7.92. The summed E-state index contributed by atoms with van der Waals surface area (Å²) in [4.78, 5) is 29.1. The number of rotatable bonds is 11. The van der Waals surface area contributed by atoms with Gasteiger partial charge in [-0.1, -0.05) is 77.8 Å². The smallest absolute Gasteiger partial charge is 0.244 e. The Morgan fingerprint density at radius 3 is 2.13 bits per heavy atom. The zero-order valence-corrected chi connectivity index (χ0v) is 24.6. The number of anilines is 1. The number of amides is 2. The summed E-state index contributed by atoms with van der Waals surface area (Å²) in [6.45, 7) is 7.05. The number of sulfonamides is 1. The van der Waals surface area contributed by atoms with Crippen molar-refractivity contribution in [1.82, 2.24) is 10.2 Å². The van der Waals surface area contributed by atoms with Crippen LogP contribution in [0, 0.1) is 13.8 Å². The molecule has 0 unspecified atom stereocenters. The maximum atomic E-state index is 14.1. The van der Waals surface area contributed by atoms with E-state index < -0.39 is 28.5 Å². The topological polar surface area (TPSA) is 86.8 Å². The number of hydrogen-bond acceptors (Lipinski definition) is 4. The van der Waals surface area contributed by atoms with Gasteiger partial charge < -0.3 is 10.2 Å². The molecule has 9 heteroatoms. The first kappa shape index (κ1) is 30.2. The molecule has 0 fully saturated rings. The third kappa shape index (κ3) is 8.31. The summed E-state index contributed by atoms with van der Waals surface area (Å²) in [7, 11) is -3.86. The van der Waals surface area contributed by atoms with Gasteiger partial charge in [-0.3, -0.25) is 13.9 Å². The van der Waals surface area contributed by atoms with E-state index in [-0.39, 0.29) is 24.9 Å². The van der Waals surface area contributed by atoms with Crippen LogP contribution in [0.5, 0.6) is 0 Å². The van der Waals surface area contributed by atoms with Crippen molar-refractivity contribution in [2.24, 2.45) is 0 Å². The Labute approximate surface area is 236 Å². The molecule has 39 heavy (non-hydrogen) atoms. The van der Waals surface area contributed by atoms with Gasteiger partial charge in [-0.15, -0.1) is 0 Å². The van der Waals surface area contributed by atoms with Crippen LogP contribution in [0.4, 0.5) is 5.69 Å². The minimum Gasteiger partial charge on any atom is -0.352 e. The molecule has 0 radical (unpaired) electrons. The van der Waals surface area contributed by atoms with Crippen molar-refractivity contribution >= 4 is 39.1 Å². The Bertz CT molecular complexity index is 1390. The Morgan fingerprint density at radius 2 is 1.54 bits per heavy atom. The number of nitrogens with zero attached hydrogens (tertiary/aromatic N) is 2. The monoisotopic (exact) mass is 569 g/mol. The van der Waals surface area contributed by atoms with Crippen molar-refractivity contribution in [3.63, 3.8) is 0 Å². The SMILES string of the molecule is Cc1ccc(CN(C(=O)CN(c2cccc(Cl)c2C)S(C)(=O)=O)[C@@H](Cc2ccccc2)C(=O)NC(C)C)cc1. The van der Waals surface area contributed by atoms with Crippen LogP contribution in [0.1, 0.15) is 36.1 Å². The average molecular weight is 570 g/mol. The van der Waals surface area contributed by atoms with Crippen LogP contribution in [0.15, 0.2) is 72.8 Å². The second-order valence-corrected chi connectivity index (χ2v) is 12.3. The lowest BCUT2D eigenvalue weighted by molar-refractivity contribution is -0.140. The Kier molecular flexibility index (Phi) is 10.2. The van der Waals surface area contributed by atoms with E-state index in [9.17, 15) is 18.0 Å². The molecule has 2 amide bonds. The molecule has 0 aliphatic carbocycles. The van der Waals surface area contributed by atoms with Crippen LogP contribution in [0.2, 0.25) is 5.02 Å². The van der Waals surface area contributed by atoms with E-state index in [4.69, 9.17) is 11.6 Å². The van der Waals surface area contributed by atoms with Gasteiger partial charge in [0.1, 0.15) is 12.6 Å². The molecule has 0 bridgehead atoms. The number of carbonyl (C=O) groups is 2. The predicted molar refractivity (Wildman–Crippen MR) is 157 cm³/mol. The van der Waals surface area contributed by atoms with E-state index in [1.807, 2.05) is 75.4 Å². The van der Waals surface area contributed by atoms with E-state index in [0.717, 1.165) is 27.3 Å². The highest BCUT2D eigenvalue weighted by atomic mass is 35.5. The fraction of sp³-hybridized carbons (Fsp3) is 0.333. The van der Waals surface area contributed by atoms with Gasteiger partial charge in [-0.05, 0) is 56.5 Å². The number of hydrogen-bond donors (Lipinski definition) is 1. The van der Waals surface area contributed by atoms with Crippen LogP contribution >= 0.6 is 11.6 Å². The minimum absolute atomic E-state index is 0.133. The molecule has 3 aromatic carbocycles. The summed E-state index contributed by atoms with van der Waals surface area (Å²) >= 11 is 6.29. The number of carbonyl (C=O) groups excluding carboxylic acids is 2. The molecule has 1 atom stereocenters. The van der Waals surface area contributed by atoms with Gasteiger partial charge in [-0.25, -0.2) is 8.42 Å². The van der Waals surface area contributed by atoms with Crippen molar-refractivity contribution in [1.29, 1.82) is 0 Å². The van der Waals surface area contributed by atoms with Gasteiger partial charge >= 0.3 is 0 Å². The number of benzene rings is 3. The lowest BCUT2D eigenvalue weighted by Crippen LogP contribution is -2.54. The predicted octanol–water partition coefficient (Wildman–Crippen LogP) is 4.89. The van der Waals surface area contributed by atoms with Gasteiger partial charge in [0.25, 0.3) is 0 Å². The highest BCUT2D eigenvalue weighted by Crippen LogP contribution is 2.28. The first-order valence-electron chi connectivity index (χ1n) is 12.8. The molecule has 0 aliphatic heterocycles. The maximum absolute atomic E-state index is 14.1. The fourth-order valence-electron chi connectivity index (χ4n) is 4.29. The lowest BCUT2D eigenvalue weighted by atomic mass is 10.0. The molecule has 0 spiro atoms. The molecule has 0 saturated carbocycles. The summed E-state index contributed by atoms with van der Waals surface area (Å²) in [6, 6.07) is 21.1. The second kappa shape index (κ2) is 13.1. The Balaban J connectivity index is 2.07. The van der Waals surface area contributed by atoms with Crippen LogP contribution in [-0.4, -0.2) is 50.0 Å². The molecular weight excluding hydrogens is 534 g/mol. The summed E-state index contributed by atoms with van der Waals surface area (Å²) in [5, 5.41) is 3.34. The van der Waals surface area contributed by atoms with E-state index in [2.05, 4.69) is 5.32 Å². The van der Waals surface area contributed by atoms with Crippen molar-refractivity contribution in [3.05, 3.63) is 100 Å². The number of aryl methyl sites for hydroxylation is 1. The largest absolute Gasteiger partial charge is 0.352 e.